The van der Waals surface area contributed by atoms with Gasteiger partial charge >= 0.3 is 0 Å². The van der Waals surface area contributed by atoms with Crippen LogP contribution in [0.1, 0.15) is 5.56 Å². The first kappa shape index (κ1) is 17.0. The minimum atomic E-state index is -0.550. The maximum absolute atomic E-state index is 12.0. The lowest BCUT2D eigenvalue weighted by molar-refractivity contribution is -0.383. The Kier molecular flexibility index (Phi) is 5.51. The first-order valence-corrected chi connectivity index (χ1v) is 6.99. The molecule has 0 aliphatic rings. The summed E-state index contributed by atoms with van der Waals surface area (Å²) in [6, 6.07) is 11.1. The Labute approximate surface area is 138 Å². The highest BCUT2D eigenvalue weighted by atomic mass is 16.6. The van der Waals surface area contributed by atoms with Gasteiger partial charge in [0.05, 0.1) is 19.1 Å². The number of hydrogen-bond acceptors (Lipinski definition) is 5. The number of para-hydroxylation sites is 2. The fourth-order valence-electron chi connectivity index (χ4n) is 2.03. The zero-order valence-corrected chi connectivity index (χ0v) is 13.2. The molecule has 0 saturated heterocycles. The van der Waals surface area contributed by atoms with Crippen molar-refractivity contribution in [2.45, 2.75) is 0 Å². The molecule has 2 aromatic rings. The van der Waals surface area contributed by atoms with Gasteiger partial charge in [0.15, 0.2) is 0 Å². The second-order valence-electron chi connectivity index (χ2n) is 4.70. The molecule has 7 nitrogen and oxygen atoms in total. The van der Waals surface area contributed by atoms with E-state index < -0.39 is 10.8 Å². The number of anilines is 1. The van der Waals surface area contributed by atoms with Gasteiger partial charge in [0.1, 0.15) is 17.2 Å². The Bertz CT molecular complexity index is 786. The highest BCUT2D eigenvalue weighted by Gasteiger charge is 2.13. The van der Waals surface area contributed by atoms with E-state index in [9.17, 15) is 14.9 Å². The number of nitro groups is 1. The molecular formula is C17H16N2O5. The molecule has 0 unspecified atom stereocenters. The molecule has 2 rings (SSSR count). The summed E-state index contributed by atoms with van der Waals surface area (Å²) in [6.07, 6.45) is 2.84. The van der Waals surface area contributed by atoms with Gasteiger partial charge in [0, 0.05) is 23.8 Å². The molecule has 0 radical (unpaired) electrons. The molecule has 0 aromatic heterocycles. The molecule has 0 bridgehead atoms. The molecule has 0 spiro atoms. The van der Waals surface area contributed by atoms with Crippen LogP contribution < -0.4 is 14.8 Å². The standard InChI is InChI=1S/C17H16N2O5/c1-23-13-9-7-12(16(11-13)24-2)8-10-17(20)18-14-5-3-4-6-15(14)19(21)22/h3-11H,1-2H3,(H,18,20)/b10-8+. The van der Waals surface area contributed by atoms with Gasteiger partial charge in [-0.1, -0.05) is 12.1 Å². The summed E-state index contributed by atoms with van der Waals surface area (Å²) >= 11 is 0. The van der Waals surface area contributed by atoms with E-state index in [1.165, 1.54) is 31.4 Å². The Morgan fingerprint density at radius 1 is 1.17 bits per heavy atom. The Morgan fingerprint density at radius 3 is 2.58 bits per heavy atom. The van der Waals surface area contributed by atoms with Crippen LogP contribution in [-0.4, -0.2) is 25.1 Å². The predicted molar refractivity (Wildman–Crippen MR) is 90.3 cm³/mol. The lowest BCUT2D eigenvalue weighted by atomic mass is 10.1. The van der Waals surface area contributed by atoms with E-state index in [0.717, 1.165) is 0 Å². The van der Waals surface area contributed by atoms with Crippen LogP contribution in [0.3, 0.4) is 0 Å². The van der Waals surface area contributed by atoms with Gasteiger partial charge in [0.25, 0.3) is 5.69 Å². The second kappa shape index (κ2) is 7.77. The average Bonchev–Trinajstić information content (AvgIpc) is 2.60. The van der Waals surface area contributed by atoms with Crippen LogP contribution in [0, 0.1) is 10.1 Å². The topological polar surface area (TPSA) is 90.7 Å². The van der Waals surface area contributed by atoms with Crippen molar-refractivity contribution in [2.75, 3.05) is 19.5 Å². The van der Waals surface area contributed by atoms with Gasteiger partial charge < -0.3 is 14.8 Å². The predicted octanol–water partition coefficient (Wildman–Crippen LogP) is 3.26. The number of hydrogen-bond donors (Lipinski definition) is 1. The van der Waals surface area contributed by atoms with E-state index in [1.807, 2.05) is 0 Å². The normalized spacial score (nSPS) is 10.4. The number of nitrogens with one attached hydrogen (secondary N) is 1. The Hall–Kier alpha value is -3.35. The number of ether oxygens (including phenoxy) is 2. The van der Waals surface area contributed by atoms with E-state index >= 15 is 0 Å². The molecule has 0 atom stereocenters. The molecule has 0 fully saturated rings. The highest BCUT2D eigenvalue weighted by Crippen LogP contribution is 2.26. The number of carbonyl (C=O) groups excluding carboxylic acids is 1. The van der Waals surface area contributed by atoms with E-state index in [1.54, 1.807) is 37.5 Å². The molecule has 124 valence electrons. The molecule has 2 aromatic carbocycles. The summed E-state index contributed by atoms with van der Waals surface area (Å²) < 4.78 is 10.3. The average molecular weight is 328 g/mol. The summed E-state index contributed by atoms with van der Waals surface area (Å²) in [4.78, 5) is 22.4. The summed E-state index contributed by atoms with van der Waals surface area (Å²) in [6.45, 7) is 0. The molecule has 24 heavy (non-hydrogen) atoms. The molecule has 0 aliphatic heterocycles. The van der Waals surface area contributed by atoms with Crippen molar-refractivity contribution in [3.05, 3.63) is 64.2 Å². The first-order valence-electron chi connectivity index (χ1n) is 6.99. The smallest absolute Gasteiger partial charge is 0.292 e. The molecule has 7 heteroatoms. The van der Waals surface area contributed by atoms with Crippen molar-refractivity contribution in [1.29, 1.82) is 0 Å². The maximum Gasteiger partial charge on any atom is 0.292 e. The van der Waals surface area contributed by atoms with E-state index in [4.69, 9.17) is 9.47 Å². The number of amides is 1. The Balaban J connectivity index is 2.16. The van der Waals surface area contributed by atoms with Crippen molar-refractivity contribution in [3.8, 4) is 11.5 Å². The van der Waals surface area contributed by atoms with Gasteiger partial charge in [0.2, 0.25) is 5.91 Å². The van der Waals surface area contributed by atoms with Gasteiger partial charge in [-0.3, -0.25) is 14.9 Å². The van der Waals surface area contributed by atoms with Crippen molar-refractivity contribution < 1.29 is 19.2 Å². The second-order valence-corrected chi connectivity index (χ2v) is 4.70. The molecule has 0 heterocycles. The van der Waals surface area contributed by atoms with E-state index in [-0.39, 0.29) is 11.4 Å². The van der Waals surface area contributed by atoms with Crippen LogP contribution in [0.5, 0.6) is 11.5 Å². The number of methoxy groups -OCH3 is 2. The number of nitro benzene ring substituents is 1. The molecule has 1 amide bonds. The summed E-state index contributed by atoms with van der Waals surface area (Å²) in [5.74, 6) is 0.694. The summed E-state index contributed by atoms with van der Waals surface area (Å²) in [7, 11) is 3.06. The van der Waals surface area contributed by atoms with Crippen molar-refractivity contribution in [2.24, 2.45) is 0 Å². The van der Waals surface area contributed by atoms with Gasteiger partial charge in [-0.2, -0.15) is 0 Å². The molecular weight excluding hydrogens is 312 g/mol. The third-order valence-corrected chi connectivity index (χ3v) is 3.21. The summed E-state index contributed by atoms with van der Waals surface area (Å²) in [5.41, 5.74) is 0.649. The maximum atomic E-state index is 12.0. The van der Waals surface area contributed by atoms with Crippen molar-refractivity contribution >= 4 is 23.4 Å². The van der Waals surface area contributed by atoms with Gasteiger partial charge in [-0.25, -0.2) is 0 Å². The number of rotatable bonds is 6. The van der Waals surface area contributed by atoms with E-state index in [0.29, 0.717) is 17.1 Å². The molecule has 0 aliphatic carbocycles. The van der Waals surface area contributed by atoms with Gasteiger partial charge in [-0.05, 0) is 24.3 Å². The van der Waals surface area contributed by atoms with Crippen molar-refractivity contribution in [1.82, 2.24) is 0 Å². The van der Waals surface area contributed by atoms with Crippen LogP contribution in [0.2, 0.25) is 0 Å². The Morgan fingerprint density at radius 2 is 1.92 bits per heavy atom. The quantitative estimate of drug-likeness (QED) is 0.499. The zero-order valence-electron chi connectivity index (χ0n) is 13.2. The minimum Gasteiger partial charge on any atom is -0.497 e. The fourth-order valence-corrected chi connectivity index (χ4v) is 2.03. The van der Waals surface area contributed by atoms with Crippen LogP contribution in [0.4, 0.5) is 11.4 Å². The van der Waals surface area contributed by atoms with Crippen LogP contribution >= 0.6 is 0 Å². The third kappa shape index (κ3) is 4.10. The van der Waals surface area contributed by atoms with Gasteiger partial charge in [-0.15, -0.1) is 0 Å². The highest BCUT2D eigenvalue weighted by molar-refractivity contribution is 6.03. The van der Waals surface area contributed by atoms with E-state index in [2.05, 4.69) is 5.32 Å². The number of benzene rings is 2. The SMILES string of the molecule is COc1ccc(/C=C/C(=O)Nc2ccccc2[N+](=O)[O-])c(OC)c1. The fraction of sp³-hybridized carbons (Fsp3) is 0.118. The largest absolute Gasteiger partial charge is 0.497 e. The van der Waals surface area contributed by atoms with Crippen LogP contribution in [-0.2, 0) is 4.79 Å². The summed E-state index contributed by atoms with van der Waals surface area (Å²) in [5, 5.41) is 13.4. The minimum absolute atomic E-state index is 0.138. The number of nitrogens with zero attached hydrogens (tertiary/aromatic N) is 1. The number of carbonyl (C=O) groups is 1. The lowest BCUT2D eigenvalue weighted by Crippen LogP contribution is -2.09. The van der Waals surface area contributed by atoms with Crippen LogP contribution in [0.15, 0.2) is 48.5 Å². The molecule has 0 saturated carbocycles. The van der Waals surface area contributed by atoms with Crippen molar-refractivity contribution in [3.63, 3.8) is 0 Å². The third-order valence-electron chi connectivity index (χ3n) is 3.21. The first-order chi connectivity index (χ1) is 11.5. The monoisotopic (exact) mass is 328 g/mol. The molecule has 1 N–H and O–H groups in total. The van der Waals surface area contributed by atoms with Crippen LogP contribution in [0.25, 0.3) is 6.08 Å². The zero-order chi connectivity index (χ0) is 17.5. The lowest BCUT2D eigenvalue weighted by Gasteiger charge is -2.07.